The maximum Gasteiger partial charge on any atom is 0.272 e. The first-order valence-corrected chi connectivity index (χ1v) is 7.06. The number of benzene rings is 2. The van der Waals surface area contributed by atoms with Gasteiger partial charge in [-0.2, -0.15) is 5.10 Å². The summed E-state index contributed by atoms with van der Waals surface area (Å²) in [6.45, 7) is 0. The minimum atomic E-state index is -0.311. The molecule has 0 aliphatic carbocycles. The van der Waals surface area contributed by atoms with Crippen LogP contribution in [0.2, 0.25) is 5.02 Å². The Balaban J connectivity index is 2.13. The fourth-order valence-corrected chi connectivity index (χ4v) is 2.86. The van der Waals surface area contributed by atoms with E-state index in [1.165, 1.54) is 0 Å². The third kappa shape index (κ3) is 1.87. The Morgan fingerprint density at radius 1 is 1.09 bits per heavy atom. The summed E-state index contributed by atoms with van der Waals surface area (Å²) < 4.78 is 0. The van der Waals surface area contributed by atoms with Gasteiger partial charge >= 0.3 is 0 Å². The Kier molecular flexibility index (Phi) is 2.71. The van der Waals surface area contributed by atoms with E-state index in [4.69, 9.17) is 17.3 Å². The van der Waals surface area contributed by atoms with Crippen LogP contribution in [0.1, 0.15) is 0 Å². The zero-order valence-electron chi connectivity index (χ0n) is 11.4. The van der Waals surface area contributed by atoms with E-state index in [1.54, 1.807) is 24.4 Å². The summed E-state index contributed by atoms with van der Waals surface area (Å²) in [6.07, 6.45) is 1.75. The van der Waals surface area contributed by atoms with Crippen LogP contribution in [0, 0.1) is 0 Å². The molecule has 0 spiro atoms. The van der Waals surface area contributed by atoms with E-state index in [2.05, 4.69) is 15.2 Å². The van der Waals surface area contributed by atoms with E-state index >= 15 is 0 Å². The molecule has 0 bridgehead atoms. The fraction of sp³-hybridized carbons (Fsp3) is 0. The van der Waals surface area contributed by atoms with Crippen LogP contribution in [0.15, 0.2) is 47.4 Å². The molecule has 2 aromatic heterocycles. The second-order valence-corrected chi connectivity index (χ2v) is 5.54. The van der Waals surface area contributed by atoms with Gasteiger partial charge in [0.25, 0.3) is 5.56 Å². The number of aromatic nitrogens is 3. The molecule has 6 heteroatoms. The van der Waals surface area contributed by atoms with E-state index in [0.29, 0.717) is 16.1 Å². The van der Waals surface area contributed by atoms with Crippen LogP contribution in [0.4, 0.5) is 5.69 Å². The summed E-state index contributed by atoms with van der Waals surface area (Å²) in [5.74, 6) is 0. The van der Waals surface area contributed by atoms with Gasteiger partial charge in [0.2, 0.25) is 0 Å². The molecule has 4 rings (SSSR count). The number of hydrogen-bond donors (Lipinski definition) is 3. The first-order chi connectivity index (χ1) is 10.6. The lowest BCUT2D eigenvalue weighted by Crippen LogP contribution is -2.13. The van der Waals surface area contributed by atoms with Crippen LogP contribution in [-0.2, 0) is 0 Å². The Labute approximate surface area is 129 Å². The standard InChI is InChI=1S/C16H11ClN4O/c17-10-3-4-12-11(6-10)14(15(18)16(22)20-12)8-1-2-9-7-19-21-13(9)5-8/h1-7H,18H2,(H,19,21)(H,20,22). The maximum absolute atomic E-state index is 12.1. The van der Waals surface area contributed by atoms with Gasteiger partial charge in [0.1, 0.15) is 5.69 Å². The highest BCUT2D eigenvalue weighted by Crippen LogP contribution is 2.33. The average Bonchev–Trinajstić information content (AvgIpc) is 2.96. The second-order valence-electron chi connectivity index (χ2n) is 5.10. The van der Waals surface area contributed by atoms with Gasteiger partial charge in [0.15, 0.2) is 0 Å². The molecule has 4 N–H and O–H groups in total. The van der Waals surface area contributed by atoms with Crippen LogP contribution in [0.25, 0.3) is 32.9 Å². The molecule has 2 heterocycles. The number of hydrogen-bond acceptors (Lipinski definition) is 3. The van der Waals surface area contributed by atoms with Crippen molar-refractivity contribution in [2.45, 2.75) is 0 Å². The Morgan fingerprint density at radius 2 is 1.95 bits per heavy atom. The smallest absolute Gasteiger partial charge is 0.272 e. The van der Waals surface area contributed by atoms with Crippen LogP contribution in [0.5, 0.6) is 0 Å². The van der Waals surface area contributed by atoms with Gasteiger partial charge in [-0.15, -0.1) is 0 Å². The summed E-state index contributed by atoms with van der Waals surface area (Å²) in [5.41, 5.74) is 9.00. The second kappa shape index (κ2) is 4.61. The predicted molar refractivity (Wildman–Crippen MR) is 89.1 cm³/mol. The van der Waals surface area contributed by atoms with Gasteiger partial charge in [-0.3, -0.25) is 9.89 Å². The van der Waals surface area contributed by atoms with Crippen LogP contribution in [0.3, 0.4) is 0 Å². The third-order valence-corrected chi connectivity index (χ3v) is 3.98. The number of nitrogens with zero attached hydrogens (tertiary/aromatic N) is 1. The number of H-pyrrole nitrogens is 2. The zero-order chi connectivity index (χ0) is 15.3. The third-order valence-electron chi connectivity index (χ3n) is 3.74. The number of nitrogen functional groups attached to an aromatic ring is 1. The molecule has 108 valence electrons. The summed E-state index contributed by atoms with van der Waals surface area (Å²) in [7, 11) is 0. The largest absolute Gasteiger partial charge is 0.394 e. The van der Waals surface area contributed by atoms with Crippen molar-refractivity contribution in [1.29, 1.82) is 0 Å². The number of halogens is 1. The first-order valence-electron chi connectivity index (χ1n) is 6.68. The maximum atomic E-state index is 12.1. The average molecular weight is 311 g/mol. The Hall–Kier alpha value is -2.79. The molecule has 0 aliphatic rings. The van der Waals surface area contributed by atoms with E-state index in [1.807, 2.05) is 18.2 Å². The minimum absolute atomic E-state index is 0.175. The molecule has 4 aromatic rings. The lowest BCUT2D eigenvalue weighted by atomic mass is 9.99. The molecule has 0 fully saturated rings. The molecular formula is C16H11ClN4O. The molecule has 2 aromatic carbocycles. The molecule has 0 aliphatic heterocycles. The SMILES string of the molecule is Nc1c(-c2ccc3cn[nH]c3c2)c2cc(Cl)ccc2[nH]c1=O. The van der Waals surface area contributed by atoms with E-state index in [0.717, 1.165) is 21.9 Å². The van der Waals surface area contributed by atoms with Crippen LogP contribution >= 0.6 is 11.6 Å². The van der Waals surface area contributed by atoms with Crippen LogP contribution < -0.4 is 11.3 Å². The minimum Gasteiger partial charge on any atom is -0.394 e. The van der Waals surface area contributed by atoms with E-state index in [9.17, 15) is 4.79 Å². The molecular weight excluding hydrogens is 300 g/mol. The predicted octanol–water partition coefficient (Wildman–Crippen LogP) is 3.31. The first kappa shape index (κ1) is 12.9. The Bertz CT molecular complexity index is 1080. The van der Waals surface area contributed by atoms with Gasteiger partial charge < -0.3 is 10.7 Å². The van der Waals surface area contributed by atoms with Crippen molar-refractivity contribution >= 4 is 39.1 Å². The van der Waals surface area contributed by atoms with Crippen molar-refractivity contribution in [3.63, 3.8) is 0 Å². The fourth-order valence-electron chi connectivity index (χ4n) is 2.68. The normalized spacial score (nSPS) is 11.3. The van der Waals surface area contributed by atoms with Crippen molar-refractivity contribution in [3.05, 3.63) is 58.0 Å². The molecule has 0 saturated heterocycles. The molecule has 0 saturated carbocycles. The lowest BCUT2D eigenvalue weighted by Gasteiger charge is -2.10. The number of rotatable bonds is 1. The number of fused-ring (bicyclic) bond motifs is 2. The van der Waals surface area contributed by atoms with Crippen molar-refractivity contribution in [2.24, 2.45) is 0 Å². The molecule has 0 unspecified atom stereocenters. The summed E-state index contributed by atoms with van der Waals surface area (Å²) >= 11 is 6.10. The summed E-state index contributed by atoms with van der Waals surface area (Å²) in [4.78, 5) is 14.9. The van der Waals surface area contributed by atoms with Crippen molar-refractivity contribution in [2.75, 3.05) is 5.73 Å². The monoisotopic (exact) mass is 310 g/mol. The lowest BCUT2D eigenvalue weighted by molar-refractivity contribution is 1.12. The number of pyridine rings is 1. The number of aromatic amines is 2. The van der Waals surface area contributed by atoms with Crippen molar-refractivity contribution in [1.82, 2.24) is 15.2 Å². The molecule has 0 amide bonds. The summed E-state index contributed by atoms with van der Waals surface area (Å²) in [6, 6.07) is 11.1. The molecule has 0 radical (unpaired) electrons. The Morgan fingerprint density at radius 3 is 2.82 bits per heavy atom. The highest BCUT2D eigenvalue weighted by Gasteiger charge is 2.13. The summed E-state index contributed by atoms with van der Waals surface area (Å²) in [5, 5.41) is 9.32. The molecule has 0 atom stereocenters. The van der Waals surface area contributed by atoms with Gasteiger partial charge in [0.05, 0.1) is 11.7 Å². The zero-order valence-corrected chi connectivity index (χ0v) is 12.1. The molecule has 22 heavy (non-hydrogen) atoms. The van der Waals surface area contributed by atoms with Crippen LogP contribution in [-0.4, -0.2) is 15.2 Å². The highest BCUT2D eigenvalue weighted by molar-refractivity contribution is 6.31. The topological polar surface area (TPSA) is 87.6 Å². The van der Waals surface area contributed by atoms with Gasteiger partial charge in [-0.05, 0) is 29.8 Å². The highest BCUT2D eigenvalue weighted by atomic mass is 35.5. The number of anilines is 1. The van der Waals surface area contributed by atoms with Gasteiger partial charge in [-0.1, -0.05) is 23.7 Å². The quantitative estimate of drug-likeness (QED) is 0.504. The van der Waals surface area contributed by atoms with E-state index < -0.39 is 0 Å². The van der Waals surface area contributed by atoms with Crippen molar-refractivity contribution < 1.29 is 0 Å². The van der Waals surface area contributed by atoms with Gasteiger partial charge in [-0.25, -0.2) is 0 Å². The van der Waals surface area contributed by atoms with Crippen molar-refractivity contribution in [3.8, 4) is 11.1 Å². The number of nitrogens with two attached hydrogens (primary N) is 1. The number of nitrogens with one attached hydrogen (secondary N) is 2. The molecule has 5 nitrogen and oxygen atoms in total. The van der Waals surface area contributed by atoms with Gasteiger partial charge in [0, 0.05) is 26.9 Å². The van der Waals surface area contributed by atoms with E-state index in [-0.39, 0.29) is 11.2 Å².